The van der Waals surface area contributed by atoms with Crippen LogP contribution in [0.1, 0.15) is 52.3 Å². The third-order valence-corrected chi connectivity index (χ3v) is 6.91. The highest BCUT2D eigenvalue weighted by Gasteiger charge is 2.34. The zero-order valence-corrected chi connectivity index (χ0v) is 18.9. The van der Waals surface area contributed by atoms with E-state index in [-0.39, 0.29) is 11.8 Å². The number of likely N-dealkylation sites (tertiary alicyclic amines) is 1. The van der Waals surface area contributed by atoms with Crippen molar-refractivity contribution in [2.45, 2.75) is 32.1 Å². The minimum atomic E-state index is 0.193. The van der Waals surface area contributed by atoms with Crippen molar-refractivity contribution in [3.63, 3.8) is 0 Å². The number of fused-ring (bicyclic) bond motifs is 2. The Labute approximate surface area is 194 Å². The second kappa shape index (κ2) is 8.87. The molecule has 1 aliphatic heterocycles. The molecule has 0 saturated carbocycles. The summed E-state index contributed by atoms with van der Waals surface area (Å²) in [5.41, 5.74) is 6.93. The first-order valence-electron chi connectivity index (χ1n) is 11.2. The van der Waals surface area contributed by atoms with Crippen LogP contribution in [0, 0.1) is 12.8 Å². The number of halogens is 1. The van der Waals surface area contributed by atoms with Crippen molar-refractivity contribution >= 4 is 29.7 Å². The fraction of sp³-hybridized carbons (Fsp3) is 0.296. The number of carbonyl (C=O) groups excluding carboxylic acids is 1. The van der Waals surface area contributed by atoms with Crippen LogP contribution in [0.3, 0.4) is 0 Å². The van der Waals surface area contributed by atoms with E-state index in [1.807, 2.05) is 35.4 Å². The molecule has 0 bridgehead atoms. The molecule has 1 atom stereocenters. The van der Waals surface area contributed by atoms with Crippen LogP contribution in [0.5, 0.6) is 0 Å². The lowest BCUT2D eigenvalue weighted by molar-refractivity contribution is -0.131. The van der Waals surface area contributed by atoms with Gasteiger partial charge in [-0.3, -0.25) is 14.8 Å². The summed E-state index contributed by atoms with van der Waals surface area (Å²) in [4.78, 5) is 23.8. The van der Waals surface area contributed by atoms with Gasteiger partial charge in [0.25, 0.3) is 0 Å². The molecule has 5 rings (SSSR count). The highest BCUT2D eigenvalue weighted by atomic mass is 35.5. The maximum Gasteiger partial charge on any atom is 0.226 e. The summed E-state index contributed by atoms with van der Waals surface area (Å²) < 4.78 is 0. The Bertz CT molecular complexity index is 1110. The number of nitrogens with zero attached hydrogens (tertiary/aromatic N) is 3. The van der Waals surface area contributed by atoms with Crippen LogP contribution >= 0.6 is 11.6 Å². The molecular weight excluding hydrogens is 418 g/mol. The summed E-state index contributed by atoms with van der Waals surface area (Å²) in [5.74, 6) is 0.817. The molecule has 2 aliphatic rings. The molecule has 1 saturated heterocycles. The van der Waals surface area contributed by atoms with Crippen LogP contribution in [-0.2, 0) is 11.2 Å². The van der Waals surface area contributed by atoms with E-state index in [0.717, 1.165) is 53.3 Å². The molecule has 4 nitrogen and oxygen atoms in total. The van der Waals surface area contributed by atoms with Crippen LogP contribution in [0.15, 0.2) is 55.0 Å². The predicted molar refractivity (Wildman–Crippen MR) is 128 cm³/mol. The molecular formula is C27H26ClN3O. The minimum absolute atomic E-state index is 0.193. The first-order valence-corrected chi connectivity index (χ1v) is 11.6. The number of carbonyl (C=O) groups is 1. The van der Waals surface area contributed by atoms with Crippen molar-refractivity contribution in [1.29, 1.82) is 0 Å². The van der Waals surface area contributed by atoms with Gasteiger partial charge in [0.2, 0.25) is 5.91 Å². The molecule has 2 aromatic heterocycles. The van der Waals surface area contributed by atoms with Gasteiger partial charge in [-0.2, -0.15) is 0 Å². The predicted octanol–water partition coefficient (Wildman–Crippen LogP) is 5.54. The fourth-order valence-corrected chi connectivity index (χ4v) is 5.22. The summed E-state index contributed by atoms with van der Waals surface area (Å²) in [6.45, 7) is 3.64. The number of piperidine rings is 1. The maximum atomic E-state index is 12.8. The number of amides is 1. The Hall–Kier alpha value is -2.98. The van der Waals surface area contributed by atoms with Crippen LogP contribution in [-0.4, -0.2) is 33.9 Å². The van der Waals surface area contributed by atoms with E-state index in [0.29, 0.717) is 12.3 Å². The Kier molecular flexibility index (Phi) is 5.79. The van der Waals surface area contributed by atoms with Gasteiger partial charge in [-0.05, 0) is 83.8 Å². The third kappa shape index (κ3) is 4.20. The average Bonchev–Trinajstić information content (AvgIpc) is 2.96. The van der Waals surface area contributed by atoms with E-state index in [2.05, 4.69) is 36.2 Å². The molecule has 3 heterocycles. The van der Waals surface area contributed by atoms with Gasteiger partial charge in [0.1, 0.15) is 0 Å². The number of hydrogen-bond donors (Lipinski definition) is 0. The standard InChI is InChI=1S/C27H26ClN3O/c1-18-14-22-3-2-21-16-23(28)4-5-24(21)26(27(22)30-17-18)20-8-12-31(13-9-20)25(32)15-19-6-10-29-11-7-19/h2-7,10-11,14,16-17,20,26H,8-9,12-13,15H2,1H3. The van der Waals surface area contributed by atoms with Gasteiger partial charge in [-0.15, -0.1) is 0 Å². The quantitative estimate of drug-likeness (QED) is 0.534. The first-order chi connectivity index (χ1) is 15.6. The number of hydrogen-bond acceptors (Lipinski definition) is 3. The van der Waals surface area contributed by atoms with E-state index in [1.54, 1.807) is 12.4 Å². The van der Waals surface area contributed by atoms with Crippen molar-refractivity contribution in [2.75, 3.05) is 13.1 Å². The Balaban J connectivity index is 1.39. The molecule has 5 heteroatoms. The number of aryl methyl sites for hydroxylation is 1. The van der Waals surface area contributed by atoms with Gasteiger partial charge >= 0.3 is 0 Å². The van der Waals surface area contributed by atoms with Gasteiger partial charge in [0.15, 0.2) is 0 Å². The Morgan fingerprint density at radius 3 is 2.59 bits per heavy atom. The first kappa shape index (κ1) is 20.9. The van der Waals surface area contributed by atoms with Crippen molar-refractivity contribution in [3.8, 4) is 0 Å². The van der Waals surface area contributed by atoms with Crippen LogP contribution in [0.4, 0.5) is 0 Å². The van der Waals surface area contributed by atoms with E-state index in [1.165, 1.54) is 11.1 Å². The zero-order chi connectivity index (χ0) is 22.1. The number of rotatable bonds is 3. The Morgan fingerprint density at radius 2 is 1.81 bits per heavy atom. The lowest BCUT2D eigenvalue weighted by Crippen LogP contribution is -2.40. The normalized spacial score (nSPS) is 18.1. The van der Waals surface area contributed by atoms with E-state index in [4.69, 9.17) is 16.6 Å². The molecule has 1 aromatic carbocycles. The van der Waals surface area contributed by atoms with Gasteiger partial charge in [-0.25, -0.2) is 0 Å². The average molecular weight is 444 g/mol. The summed E-state index contributed by atoms with van der Waals surface area (Å²) >= 11 is 6.32. The molecule has 1 amide bonds. The van der Waals surface area contributed by atoms with Crippen LogP contribution < -0.4 is 0 Å². The third-order valence-electron chi connectivity index (χ3n) is 6.68. The van der Waals surface area contributed by atoms with Crippen molar-refractivity contribution in [2.24, 2.45) is 5.92 Å². The van der Waals surface area contributed by atoms with Gasteiger partial charge in [0, 0.05) is 42.6 Å². The number of pyridine rings is 2. The largest absolute Gasteiger partial charge is 0.342 e. The summed E-state index contributed by atoms with van der Waals surface area (Å²) in [6, 6.07) is 12.2. The lowest BCUT2D eigenvalue weighted by Gasteiger charge is -2.37. The number of benzene rings is 1. The monoisotopic (exact) mass is 443 g/mol. The molecule has 1 fully saturated rings. The summed E-state index contributed by atoms with van der Waals surface area (Å²) in [7, 11) is 0. The minimum Gasteiger partial charge on any atom is -0.342 e. The van der Waals surface area contributed by atoms with Gasteiger partial charge in [-0.1, -0.05) is 29.8 Å². The van der Waals surface area contributed by atoms with E-state index in [9.17, 15) is 4.79 Å². The molecule has 0 N–H and O–H groups in total. The van der Waals surface area contributed by atoms with Crippen LogP contribution in [0.2, 0.25) is 5.02 Å². The van der Waals surface area contributed by atoms with Crippen molar-refractivity contribution in [1.82, 2.24) is 14.9 Å². The van der Waals surface area contributed by atoms with E-state index < -0.39 is 0 Å². The van der Waals surface area contributed by atoms with E-state index >= 15 is 0 Å². The van der Waals surface area contributed by atoms with Gasteiger partial charge < -0.3 is 4.90 Å². The molecule has 3 aromatic rings. The molecule has 0 radical (unpaired) electrons. The zero-order valence-electron chi connectivity index (χ0n) is 18.2. The molecule has 32 heavy (non-hydrogen) atoms. The fourth-order valence-electron chi connectivity index (χ4n) is 5.04. The van der Waals surface area contributed by atoms with Crippen LogP contribution in [0.25, 0.3) is 12.2 Å². The second-order valence-electron chi connectivity index (χ2n) is 8.82. The Morgan fingerprint density at radius 1 is 1.06 bits per heavy atom. The molecule has 162 valence electrons. The maximum absolute atomic E-state index is 12.8. The molecule has 0 spiro atoms. The SMILES string of the molecule is Cc1cnc2c(c1)C=Cc1cc(Cl)ccc1C2C1CCN(C(=O)Cc2ccncc2)CC1. The summed E-state index contributed by atoms with van der Waals surface area (Å²) in [6.07, 6.45) is 12.1. The molecule has 1 unspecified atom stereocenters. The molecule has 1 aliphatic carbocycles. The smallest absolute Gasteiger partial charge is 0.226 e. The highest BCUT2D eigenvalue weighted by Crippen LogP contribution is 2.43. The topological polar surface area (TPSA) is 46.1 Å². The van der Waals surface area contributed by atoms with Crippen molar-refractivity contribution in [3.05, 3.63) is 93.5 Å². The highest BCUT2D eigenvalue weighted by molar-refractivity contribution is 6.30. The summed E-state index contributed by atoms with van der Waals surface area (Å²) in [5, 5.41) is 0.749. The number of aromatic nitrogens is 2. The van der Waals surface area contributed by atoms with Crippen molar-refractivity contribution < 1.29 is 4.79 Å². The second-order valence-corrected chi connectivity index (χ2v) is 9.26. The lowest BCUT2D eigenvalue weighted by atomic mass is 9.76. The van der Waals surface area contributed by atoms with Gasteiger partial charge in [0.05, 0.1) is 12.1 Å².